The summed E-state index contributed by atoms with van der Waals surface area (Å²) in [5.74, 6) is 3.62. The molecule has 0 amide bonds. The van der Waals surface area contributed by atoms with Crippen LogP contribution >= 0.6 is 0 Å². The van der Waals surface area contributed by atoms with Crippen molar-refractivity contribution in [2.45, 2.75) is 64.4 Å². The fraction of sp³-hybridized carbons (Fsp3) is 0.739. The van der Waals surface area contributed by atoms with Crippen LogP contribution in [0.5, 0.6) is 0 Å². The van der Waals surface area contributed by atoms with Gasteiger partial charge in [-0.25, -0.2) is 0 Å². The molecule has 1 heterocycles. The molecule has 3 nitrogen and oxygen atoms in total. The third-order valence-corrected chi connectivity index (χ3v) is 9.54. The Morgan fingerprint density at radius 2 is 1.96 bits per heavy atom. The maximum Gasteiger partial charge on any atom is 0.306 e. The summed E-state index contributed by atoms with van der Waals surface area (Å²) in [5, 5.41) is 0. The highest BCUT2D eigenvalue weighted by Gasteiger charge is 2.70. The zero-order valence-electron chi connectivity index (χ0n) is 15.8. The van der Waals surface area contributed by atoms with Crippen LogP contribution in [0.2, 0.25) is 0 Å². The lowest BCUT2D eigenvalue weighted by Crippen LogP contribution is -2.56. The molecular formula is C23H28O3. The van der Waals surface area contributed by atoms with Crippen molar-refractivity contribution < 1.29 is 14.3 Å². The quantitative estimate of drug-likeness (QED) is 0.484. The van der Waals surface area contributed by atoms with Crippen molar-refractivity contribution in [2.75, 3.05) is 0 Å². The predicted molar refractivity (Wildman–Crippen MR) is 97.0 cm³/mol. The van der Waals surface area contributed by atoms with Gasteiger partial charge in [0, 0.05) is 24.7 Å². The molecule has 0 radical (unpaired) electrons. The van der Waals surface area contributed by atoms with Crippen molar-refractivity contribution in [1.82, 2.24) is 0 Å². The van der Waals surface area contributed by atoms with Crippen molar-refractivity contribution in [3.8, 4) is 0 Å². The molecule has 1 saturated heterocycles. The summed E-state index contributed by atoms with van der Waals surface area (Å²) in [6.45, 7) is 4.84. The molecule has 1 aliphatic heterocycles. The van der Waals surface area contributed by atoms with E-state index >= 15 is 0 Å². The van der Waals surface area contributed by atoms with Gasteiger partial charge in [-0.15, -0.1) is 0 Å². The molecule has 4 unspecified atom stereocenters. The van der Waals surface area contributed by atoms with Crippen molar-refractivity contribution >= 4 is 11.8 Å². The molecule has 0 N–H and O–H groups in total. The number of allylic oxidation sites excluding steroid dienone is 3. The molecule has 6 rings (SSSR count). The smallest absolute Gasteiger partial charge is 0.306 e. The lowest BCUT2D eigenvalue weighted by Gasteiger charge is -2.59. The van der Waals surface area contributed by atoms with Crippen LogP contribution in [0.3, 0.4) is 0 Å². The van der Waals surface area contributed by atoms with Crippen molar-refractivity contribution in [3.05, 3.63) is 23.8 Å². The van der Waals surface area contributed by atoms with E-state index in [2.05, 4.69) is 26.0 Å². The van der Waals surface area contributed by atoms with Gasteiger partial charge < -0.3 is 4.74 Å². The second kappa shape index (κ2) is 4.54. The summed E-state index contributed by atoms with van der Waals surface area (Å²) in [6, 6.07) is 0. The van der Waals surface area contributed by atoms with E-state index in [-0.39, 0.29) is 22.4 Å². The fourth-order valence-electron chi connectivity index (χ4n) is 8.06. The maximum atomic E-state index is 12.1. The molecule has 26 heavy (non-hydrogen) atoms. The van der Waals surface area contributed by atoms with Gasteiger partial charge in [0.15, 0.2) is 5.78 Å². The molecule has 8 atom stereocenters. The number of hydrogen-bond donors (Lipinski definition) is 0. The standard InChI is InChI=1S/C23H28O3/c1-21-7-3-13(24)11-18(21)14-12-15(14)20-16(21)4-8-22(2)17(20)5-9-23(22)10-6-19(25)26-23/h5,9,11,14-17,20H,3-4,6-8,10,12H2,1-2H3/t14-,15?,16?,17?,20?,21-,22+,23-/m1/s1. The van der Waals surface area contributed by atoms with Crippen LogP contribution in [-0.4, -0.2) is 17.4 Å². The number of ketones is 1. The Hall–Kier alpha value is -1.38. The summed E-state index contributed by atoms with van der Waals surface area (Å²) < 4.78 is 5.97. The highest BCUT2D eigenvalue weighted by molar-refractivity contribution is 5.92. The van der Waals surface area contributed by atoms with Gasteiger partial charge in [-0.05, 0) is 72.8 Å². The van der Waals surface area contributed by atoms with Crippen LogP contribution in [0.4, 0.5) is 0 Å². The lowest BCUT2D eigenvalue weighted by atomic mass is 9.46. The predicted octanol–water partition coefficient (Wildman–Crippen LogP) is 4.23. The molecule has 5 aliphatic carbocycles. The van der Waals surface area contributed by atoms with E-state index < -0.39 is 0 Å². The first-order valence-corrected chi connectivity index (χ1v) is 10.5. The van der Waals surface area contributed by atoms with Crippen LogP contribution in [0.1, 0.15) is 58.8 Å². The van der Waals surface area contributed by atoms with Crippen LogP contribution in [-0.2, 0) is 14.3 Å². The maximum absolute atomic E-state index is 12.1. The number of carbonyl (C=O) groups excluding carboxylic acids is 2. The monoisotopic (exact) mass is 352 g/mol. The van der Waals surface area contributed by atoms with Crippen molar-refractivity contribution in [1.29, 1.82) is 0 Å². The molecule has 0 aromatic rings. The molecule has 3 heteroatoms. The Labute approximate surface area is 155 Å². The Balaban J connectivity index is 1.42. The van der Waals surface area contributed by atoms with E-state index in [9.17, 15) is 9.59 Å². The molecule has 0 bridgehead atoms. The van der Waals surface area contributed by atoms with Gasteiger partial charge in [0.2, 0.25) is 0 Å². The minimum Gasteiger partial charge on any atom is -0.454 e. The Bertz CT molecular complexity index is 793. The van der Waals surface area contributed by atoms with E-state index in [4.69, 9.17) is 4.74 Å². The lowest BCUT2D eigenvalue weighted by molar-refractivity contribution is -0.163. The number of hydrogen-bond acceptors (Lipinski definition) is 3. The second-order valence-electron chi connectivity index (χ2n) is 10.4. The molecule has 4 fully saturated rings. The summed E-state index contributed by atoms with van der Waals surface area (Å²) in [7, 11) is 0. The average molecular weight is 352 g/mol. The number of carbonyl (C=O) groups is 2. The molecule has 0 aromatic carbocycles. The van der Waals surface area contributed by atoms with E-state index in [1.165, 1.54) is 18.4 Å². The average Bonchev–Trinajstić information content (AvgIpc) is 3.23. The van der Waals surface area contributed by atoms with E-state index in [1.54, 1.807) is 0 Å². The minimum absolute atomic E-state index is 0.0189. The second-order valence-corrected chi connectivity index (χ2v) is 10.4. The fourth-order valence-corrected chi connectivity index (χ4v) is 8.06. The Morgan fingerprint density at radius 1 is 1.12 bits per heavy atom. The third-order valence-electron chi connectivity index (χ3n) is 9.54. The number of fused-ring (bicyclic) bond motifs is 9. The summed E-state index contributed by atoms with van der Waals surface area (Å²) in [4.78, 5) is 24.0. The normalized spacial score (nSPS) is 56.4. The minimum atomic E-state index is -0.344. The first kappa shape index (κ1) is 15.7. The highest BCUT2D eigenvalue weighted by atomic mass is 16.6. The zero-order valence-corrected chi connectivity index (χ0v) is 15.8. The van der Waals surface area contributed by atoms with Crippen LogP contribution in [0, 0.1) is 40.4 Å². The number of ether oxygens (including phenoxy) is 1. The molecule has 0 aromatic heterocycles. The van der Waals surface area contributed by atoms with Crippen LogP contribution in [0.15, 0.2) is 23.8 Å². The van der Waals surface area contributed by atoms with Gasteiger partial charge in [0.1, 0.15) is 5.60 Å². The molecule has 6 aliphatic rings. The van der Waals surface area contributed by atoms with Gasteiger partial charge in [0.05, 0.1) is 0 Å². The van der Waals surface area contributed by atoms with E-state index in [0.717, 1.165) is 31.6 Å². The first-order chi connectivity index (χ1) is 12.4. The van der Waals surface area contributed by atoms with Crippen LogP contribution < -0.4 is 0 Å². The molecule has 3 saturated carbocycles. The van der Waals surface area contributed by atoms with Gasteiger partial charge in [0.25, 0.3) is 0 Å². The summed E-state index contributed by atoms with van der Waals surface area (Å²) in [5.41, 5.74) is 1.43. The van der Waals surface area contributed by atoms with E-state index in [1.807, 2.05) is 6.08 Å². The molecular weight excluding hydrogens is 324 g/mol. The molecule has 1 spiro atoms. The highest BCUT2D eigenvalue weighted by Crippen LogP contribution is 2.74. The van der Waals surface area contributed by atoms with Crippen LogP contribution in [0.25, 0.3) is 0 Å². The number of rotatable bonds is 0. The third kappa shape index (κ3) is 1.63. The topological polar surface area (TPSA) is 43.4 Å². The van der Waals surface area contributed by atoms with Gasteiger partial charge >= 0.3 is 5.97 Å². The zero-order chi connectivity index (χ0) is 17.9. The summed E-state index contributed by atoms with van der Waals surface area (Å²) in [6.07, 6.45) is 13.5. The van der Waals surface area contributed by atoms with Crippen molar-refractivity contribution in [3.63, 3.8) is 0 Å². The van der Waals surface area contributed by atoms with Crippen molar-refractivity contribution in [2.24, 2.45) is 40.4 Å². The number of esters is 1. The molecule has 138 valence electrons. The van der Waals surface area contributed by atoms with Gasteiger partial charge in [-0.1, -0.05) is 25.5 Å². The van der Waals surface area contributed by atoms with E-state index in [0.29, 0.717) is 35.9 Å². The summed E-state index contributed by atoms with van der Waals surface area (Å²) >= 11 is 0. The van der Waals surface area contributed by atoms with Gasteiger partial charge in [-0.2, -0.15) is 0 Å². The van der Waals surface area contributed by atoms with Gasteiger partial charge in [-0.3, -0.25) is 9.59 Å². The Kier molecular flexibility index (Phi) is 2.73. The Morgan fingerprint density at radius 3 is 2.73 bits per heavy atom. The SMILES string of the molecule is C[C@]12CCC(=O)C=C1[C@@H]1CC1C1C2CC[C@@]2(C)C1C=C[C@@]21CCC(=O)O1. The largest absolute Gasteiger partial charge is 0.454 e. The first-order valence-electron chi connectivity index (χ1n) is 10.5.